The Labute approximate surface area is 98.1 Å². The quantitative estimate of drug-likeness (QED) is 0.778. The third-order valence-corrected chi connectivity index (χ3v) is 2.41. The van der Waals surface area contributed by atoms with Crippen LogP contribution in [0, 0.1) is 13.8 Å². The molecule has 0 spiro atoms. The zero-order chi connectivity index (χ0) is 12.4. The topological polar surface area (TPSA) is 75.4 Å². The van der Waals surface area contributed by atoms with Gasteiger partial charge in [-0.2, -0.15) is 0 Å². The Morgan fingerprint density at radius 3 is 2.71 bits per heavy atom. The van der Waals surface area contributed by atoms with E-state index in [9.17, 15) is 9.90 Å². The van der Waals surface area contributed by atoms with E-state index in [2.05, 4.69) is 10.5 Å². The molecule has 0 fully saturated rings. The Balaban J connectivity index is 2.19. The van der Waals surface area contributed by atoms with Crippen molar-refractivity contribution in [3.05, 3.63) is 41.3 Å². The molecule has 0 aliphatic rings. The van der Waals surface area contributed by atoms with Gasteiger partial charge in [0.2, 0.25) is 5.76 Å². The van der Waals surface area contributed by atoms with Crippen LogP contribution in [0.5, 0.6) is 5.75 Å². The number of rotatable bonds is 2. The minimum Gasteiger partial charge on any atom is -0.508 e. The number of carbonyl (C=O) groups is 1. The van der Waals surface area contributed by atoms with Gasteiger partial charge >= 0.3 is 0 Å². The van der Waals surface area contributed by atoms with Crippen molar-refractivity contribution in [2.24, 2.45) is 0 Å². The van der Waals surface area contributed by atoms with Crippen LogP contribution in [-0.4, -0.2) is 16.2 Å². The zero-order valence-corrected chi connectivity index (χ0v) is 9.52. The fourth-order valence-electron chi connectivity index (χ4n) is 1.43. The number of amides is 1. The summed E-state index contributed by atoms with van der Waals surface area (Å²) in [5, 5.41) is 15.6. The number of aromatic hydroxyl groups is 1. The highest BCUT2D eigenvalue weighted by Crippen LogP contribution is 2.20. The lowest BCUT2D eigenvalue weighted by Gasteiger charge is -2.05. The molecule has 0 saturated heterocycles. The van der Waals surface area contributed by atoms with Crippen molar-refractivity contribution in [3.8, 4) is 5.75 Å². The summed E-state index contributed by atoms with van der Waals surface area (Å²) in [6.07, 6.45) is 1.48. The Bertz CT molecular complexity index is 561. The van der Waals surface area contributed by atoms with E-state index in [1.807, 2.05) is 0 Å². The monoisotopic (exact) mass is 232 g/mol. The molecule has 2 N–H and O–H groups in total. The number of aromatic nitrogens is 1. The molecule has 5 heteroatoms. The molecule has 1 aromatic carbocycles. The summed E-state index contributed by atoms with van der Waals surface area (Å²) in [6.45, 7) is 3.50. The minimum atomic E-state index is -0.356. The van der Waals surface area contributed by atoms with Crippen LogP contribution in [0.2, 0.25) is 0 Å². The van der Waals surface area contributed by atoms with Crippen LogP contribution in [0.4, 0.5) is 5.69 Å². The van der Waals surface area contributed by atoms with Gasteiger partial charge in [0.25, 0.3) is 5.91 Å². The Morgan fingerprint density at radius 1 is 1.35 bits per heavy atom. The van der Waals surface area contributed by atoms with Crippen LogP contribution < -0.4 is 5.32 Å². The fraction of sp³-hybridized carbons (Fsp3) is 0.167. The third-order valence-electron chi connectivity index (χ3n) is 2.41. The molecule has 0 saturated carbocycles. The first kappa shape index (κ1) is 11.2. The molecule has 88 valence electrons. The van der Waals surface area contributed by atoms with Gasteiger partial charge in [-0.1, -0.05) is 5.16 Å². The van der Waals surface area contributed by atoms with Gasteiger partial charge in [-0.25, -0.2) is 0 Å². The molecule has 1 amide bonds. The number of phenolic OH excluding ortho intramolecular Hbond substituents is 1. The molecule has 2 rings (SSSR count). The highest BCUT2D eigenvalue weighted by Gasteiger charge is 2.14. The molecule has 0 radical (unpaired) electrons. The Hall–Kier alpha value is -2.30. The van der Waals surface area contributed by atoms with Gasteiger partial charge in [-0.3, -0.25) is 4.79 Å². The highest BCUT2D eigenvalue weighted by atomic mass is 16.5. The van der Waals surface area contributed by atoms with E-state index in [0.29, 0.717) is 16.8 Å². The lowest BCUT2D eigenvalue weighted by Crippen LogP contribution is -2.12. The van der Waals surface area contributed by atoms with Gasteiger partial charge in [-0.15, -0.1) is 0 Å². The van der Waals surface area contributed by atoms with Crippen LogP contribution in [0.25, 0.3) is 0 Å². The molecule has 0 aliphatic heterocycles. The van der Waals surface area contributed by atoms with Crippen molar-refractivity contribution in [2.45, 2.75) is 13.8 Å². The van der Waals surface area contributed by atoms with Gasteiger partial charge in [0.15, 0.2) is 0 Å². The van der Waals surface area contributed by atoms with E-state index in [0.717, 1.165) is 0 Å². The van der Waals surface area contributed by atoms with E-state index in [4.69, 9.17) is 4.52 Å². The van der Waals surface area contributed by atoms with Crippen LogP contribution in [0.3, 0.4) is 0 Å². The van der Waals surface area contributed by atoms with Crippen molar-refractivity contribution in [1.82, 2.24) is 5.16 Å². The molecular weight excluding hydrogens is 220 g/mol. The van der Waals surface area contributed by atoms with Crippen molar-refractivity contribution < 1.29 is 14.4 Å². The van der Waals surface area contributed by atoms with Crippen molar-refractivity contribution in [3.63, 3.8) is 0 Å². The number of nitrogens with one attached hydrogen (secondary N) is 1. The number of nitrogens with zero attached hydrogens (tertiary/aromatic N) is 1. The summed E-state index contributed by atoms with van der Waals surface area (Å²) in [4.78, 5) is 11.8. The van der Waals surface area contributed by atoms with Crippen molar-refractivity contribution >= 4 is 11.6 Å². The number of hydrogen-bond acceptors (Lipinski definition) is 4. The van der Waals surface area contributed by atoms with Crippen LogP contribution in [0.1, 0.15) is 21.7 Å². The van der Waals surface area contributed by atoms with Gasteiger partial charge in [-0.05, 0) is 37.6 Å². The van der Waals surface area contributed by atoms with Crippen LogP contribution in [-0.2, 0) is 0 Å². The second-order valence-corrected chi connectivity index (χ2v) is 3.79. The molecule has 5 nitrogen and oxygen atoms in total. The number of carbonyl (C=O) groups excluding carboxylic acids is 1. The number of phenols is 1. The zero-order valence-electron chi connectivity index (χ0n) is 9.52. The summed E-state index contributed by atoms with van der Waals surface area (Å²) < 4.78 is 4.84. The number of anilines is 1. The van der Waals surface area contributed by atoms with E-state index in [1.54, 1.807) is 26.0 Å². The van der Waals surface area contributed by atoms with Gasteiger partial charge in [0, 0.05) is 11.3 Å². The number of aryl methyl sites for hydroxylation is 2. The first-order valence-corrected chi connectivity index (χ1v) is 5.10. The van der Waals surface area contributed by atoms with Gasteiger partial charge in [0.05, 0.1) is 6.20 Å². The molecule has 0 unspecified atom stereocenters. The predicted molar refractivity (Wildman–Crippen MR) is 62.0 cm³/mol. The summed E-state index contributed by atoms with van der Waals surface area (Å²) >= 11 is 0. The molecular formula is C12H12N2O3. The molecule has 0 atom stereocenters. The van der Waals surface area contributed by atoms with E-state index >= 15 is 0 Å². The average Bonchev–Trinajstić information content (AvgIpc) is 2.70. The van der Waals surface area contributed by atoms with Crippen LogP contribution >= 0.6 is 0 Å². The lowest BCUT2D eigenvalue weighted by molar-refractivity contribution is 0.0987. The maximum absolute atomic E-state index is 11.8. The molecule has 2 aromatic rings. The second-order valence-electron chi connectivity index (χ2n) is 3.79. The molecule has 17 heavy (non-hydrogen) atoms. The lowest BCUT2D eigenvalue weighted by atomic mass is 10.2. The first-order chi connectivity index (χ1) is 8.08. The van der Waals surface area contributed by atoms with Crippen molar-refractivity contribution in [2.75, 3.05) is 5.32 Å². The average molecular weight is 232 g/mol. The first-order valence-electron chi connectivity index (χ1n) is 5.10. The SMILES string of the molecule is Cc1cc(NC(=O)c2oncc2C)ccc1O. The minimum absolute atomic E-state index is 0.190. The number of benzene rings is 1. The van der Waals surface area contributed by atoms with Crippen LogP contribution in [0.15, 0.2) is 28.9 Å². The molecule has 0 bridgehead atoms. The Morgan fingerprint density at radius 2 is 2.12 bits per heavy atom. The molecule has 0 aliphatic carbocycles. The predicted octanol–water partition coefficient (Wildman–Crippen LogP) is 2.25. The Kier molecular flexibility index (Phi) is 2.82. The second kappa shape index (κ2) is 4.29. The van der Waals surface area contributed by atoms with E-state index < -0.39 is 0 Å². The number of hydrogen-bond donors (Lipinski definition) is 2. The fourth-order valence-corrected chi connectivity index (χ4v) is 1.43. The molecule has 1 aromatic heterocycles. The van der Waals surface area contributed by atoms with E-state index in [-0.39, 0.29) is 17.4 Å². The normalized spacial score (nSPS) is 10.2. The summed E-state index contributed by atoms with van der Waals surface area (Å²) in [5.41, 5.74) is 1.97. The summed E-state index contributed by atoms with van der Waals surface area (Å²) in [5.74, 6) is 0.0275. The largest absolute Gasteiger partial charge is 0.508 e. The third kappa shape index (κ3) is 2.28. The maximum atomic E-state index is 11.8. The smallest absolute Gasteiger partial charge is 0.294 e. The summed E-state index contributed by atoms with van der Waals surface area (Å²) in [7, 11) is 0. The van der Waals surface area contributed by atoms with Crippen molar-refractivity contribution in [1.29, 1.82) is 0 Å². The molecule has 1 heterocycles. The summed E-state index contributed by atoms with van der Waals surface area (Å²) in [6, 6.07) is 4.82. The van der Waals surface area contributed by atoms with Gasteiger partial charge in [0.1, 0.15) is 5.75 Å². The van der Waals surface area contributed by atoms with Gasteiger partial charge < -0.3 is 14.9 Å². The highest BCUT2D eigenvalue weighted by molar-refractivity contribution is 6.03. The standard InChI is InChI=1S/C12H12N2O3/c1-7-5-9(3-4-10(7)15)14-12(16)11-8(2)6-13-17-11/h3-6,15H,1-2H3,(H,14,16). The maximum Gasteiger partial charge on any atom is 0.294 e. The van der Waals surface area contributed by atoms with E-state index in [1.165, 1.54) is 12.3 Å².